The van der Waals surface area contributed by atoms with Crippen molar-refractivity contribution in [1.29, 1.82) is 0 Å². The predicted octanol–water partition coefficient (Wildman–Crippen LogP) is 4.38. The van der Waals surface area contributed by atoms with Crippen molar-refractivity contribution in [2.24, 2.45) is 0 Å². The van der Waals surface area contributed by atoms with Gasteiger partial charge in [0.2, 0.25) is 0 Å². The van der Waals surface area contributed by atoms with Crippen LogP contribution in [-0.4, -0.2) is 79.4 Å². The molecule has 0 radical (unpaired) electrons. The van der Waals surface area contributed by atoms with Gasteiger partial charge in [-0.3, -0.25) is 0 Å². The highest BCUT2D eigenvalue weighted by Gasteiger charge is 2.50. The number of rotatable bonds is 6. The van der Waals surface area contributed by atoms with Crippen LogP contribution in [0.3, 0.4) is 0 Å². The molecule has 3 aliphatic rings. The molecule has 9 heteroatoms. The number of benzene rings is 1. The summed E-state index contributed by atoms with van der Waals surface area (Å²) < 4.78 is 36.5. The van der Waals surface area contributed by atoms with Crippen LogP contribution in [0.4, 0.5) is 18.4 Å². The zero-order chi connectivity index (χ0) is 24.1. The minimum absolute atomic E-state index is 0.0693. The number of nitrogens with zero attached hydrogens (tertiary/aromatic N) is 2. The number of piperidine rings is 1. The number of halogens is 2. The zero-order valence-corrected chi connectivity index (χ0v) is 19.8. The summed E-state index contributed by atoms with van der Waals surface area (Å²) in [5, 5.41) is 3.11. The number of alkyl halides is 2. The van der Waals surface area contributed by atoms with Crippen LogP contribution in [0.15, 0.2) is 30.3 Å². The van der Waals surface area contributed by atoms with Gasteiger partial charge in [0, 0.05) is 20.1 Å². The molecule has 2 aliphatic heterocycles. The molecule has 1 aliphatic carbocycles. The number of urea groups is 1. The molecule has 0 unspecified atom stereocenters. The lowest BCUT2D eigenvalue weighted by molar-refractivity contribution is -0.0585. The summed E-state index contributed by atoms with van der Waals surface area (Å²) in [6.45, 7) is 0.262. The van der Waals surface area contributed by atoms with E-state index in [-0.39, 0.29) is 18.7 Å². The Morgan fingerprint density at radius 1 is 1.15 bits per heavy atom. The molecule has 7 nitrogen and oxygen atoms in total. The fourth-order valence-electron chi connectivity index (χ4n) is 5.66. The first-order chi connectivity index (χ1) is 16.4. The van der Waals surface area contributed by atoms with E-state index in [0.717, 1.165) is 25.7 Å². The smallest absolute Gasteiger partial charge is 0.410 e. The standard InChI is InChI=1S/C25H35F2N3O4/c1-29-15-13-25(28-23(29)31)12-5-14-30(24(32)34-17-22(26)27)21(25)16-33-20-10-8-19(9-11-20)18-6-3-2-4-7-18/h2-4,6-7,19-22H,5,8-17H2,1H3,(H,28,31)/t19-,20+,21-,25+/m0/s1. The molecular weight excluding hydrogens is 444 g/mol. The summed E-state index contributed by atoms with van der Waals surface area (Å²) in [5.41, 5.74) is 0.710. The molecule has 0 aromatic heterocycles. The molecule has 1 aromatic rings. The highest BCUT2D eigenvalue weighted by molar-refractivity contribution is 5.76. The summed E-state index contributed by atoms with van der Waals surface area (Å²) in [7, 11) is 1.73. The summed E-state index contributed by atoms with van der Waals surface area (Å²) in [5.74, 6) is 0.524. The number of amides is 3. The average Bonchev–Trinajstić information content (AvgIpc) is 2.85. The van der Waals surface area contributed by atoms with Crippen LogP contribution < -0.4 is 5.32 Å². The lowest BCUT2D eigenvalue weighted by Crippen LogP contribution is -2.71. The Hall–Kier alpha value is -2.42. The van der Waals surface area contributed by atoms with Crippen LogP contribution >= 0.6 is 0 Å². The van der Waals surface area contributed by atoms with Gasteiger partial charge in [-0.05, 0) is 56.4 Å². The Kier molecular flexibility index (Phi) is 7.91. The van der Waals surface area contributed by atoms with Crippen LogP contribution in [0.2, 0.25) is 0 Å². The first-order valence-corrected chi connectivity index (χ1v) is 12.3. The van der Waals surface area contributed by atoms with Crippen molar-refractivity contribution in [2.75, 3.05) is 33.4 Å². The van der Waals surface area contributed by atoms with Crippen LogP contribution in [0.25, 0.3) is 0 Å². The zero-order valence-electron chi connectivity index (χ0n) is 19.8. The number of carbonyl (C=O) groups excluding carboxylic acids is 2. The SMILES string of the molecule is CN1CC[C@@]2(CCCN(C(=O)OCC(F)F)[C@H]2CO[C@H]2CC[C@@H](c3ccccc3)CC2)NC1=O. The molecule has 2 saturated heterocycles. The van der Waals surface area contributed by atoms with Gasteiger partial charge in [0.25, 0.3) is 6.43 Å². The molecule has 1 N–H and O–H groups in total. The fourth-order valence-corrected chi connectivity index (χ4v) is 5.66. The first-order valence-electron chi connectivity index (χ1n) is 12.3. The molecule has 0 bridgehead atoms. The number of nitrogens with one attached hydrogen (secondary N) is 1. The van der Waals surface area contributed by atoms with Gasteiger partial charge in [-0.2, -0.15) is 0 Å². The van der Waals surface area contributed by atoms with Gasteiger partial charge in [0.15, 0.2) is 6.61 Å². The average molecular weight is 480 g/mol. The Bertz CT molecular complexity index is 835. The van der Waals surface area contributed by atoms with E-state index in [1.807, 2.05) is 6.07 Å². The maximum atomic E-state index is 12.7. The van der Waals surface area contributed by atoms with Crippen molar-refractivity contribution in [3.05, 3.63) is 35.9 Å². The van der Waals surface area contributed by atoms with E-state index < -0.39 is 30.7 Å². The molecule has 188 valence electrons. The van der Waals surface area contributed by atoms with Crippen LogP contribution in [0, 0.1) is 0 Å². The second-order valence-electron chi connectivity index (χ2n) is 9.76. The number of hydrogen-bond donors (Lipinski definition) is 1. The fraction of sp³-hybridized carbons (Fsp3) is 0.680. The van der Waals surface area contributed by atoms with Gasteiger partial charge < -0.3 is 24.6 Å². The van der Waals surface area contributed by atoms with Crippen LogP contribution in [0.1, 0.15) is 56.4 Å². The lowest BCUT2D eigenvalue weighted by Gasteiger charge is -2.52. The molecular formula is C25H35F2N3O4. The molecule has 4 rings (SSSR count). The van der Waals surface area contributed by atoms with Gasteiger partial charge in [-0.15, -0.1) is 0 Å². The second-order valence-corrected chi connectivity index (χ2v) is 9.76. The van der Waals surface area contributed by atoms with E-state index in [1.54, 1.807) is 11.9 Å². The van der Waals surface area contributed by atoms with Gasteiger partial charge >= 0.3 is 12.1 Å². The number of carbonyl (C=O) groups is 2. The Morgan fingerprint density at radius 2 is 1.88 bits per heavy atom. The number of ether oxygens (including phenoxy) is 2. The summed E-state index contributed by atoms with van der Waals surface area (Å²) in [4.78, 5) is 28.4. The molecule has 34 heavy (non-hydrogen) atoms. The normalized spacial score (nSPS) is 29.9. The van der Waals surface area contributed by atoms with Crippen LogP contribution in [-0.2, 0) is 9.47 Å². The largest absolute Gasteiger partial charge is 0.443 e. The van der Waals surface area contributed by atoms with E-state index in [0.29, 0.717) is 38.3 Å². The lowest BCUT2D eigenvalue weighted by atomic mass is 9.77. The minimum Gasteiger partial charge on any atom is -0.443 e. The predicted molar refractivity (Wildman–Crippen MR) is 123 cm³/mol. The minimum atomic E-state index is -2.72. The molecule has 3 amide bonds. The Morgan fingerprint density at radius 3 is 2.56 bits per heavy atom. The Balaban J connectivity index is 1.42. The summed E-state index contributed by atoms with van der Waals surface area (Å²) >= 11 is 0. The second kappa shape index (κ2) is 10.9. The van der Waals surface area contributed by atoms with Gasteiger partial charge in [-0.1, -0.05) is 30.3 Å². The van der Waals surface area contributed by atoms with Crippen molar-refractivity contribution in [1.82, 2.24) is 15.1 Å². The molecule has 1 spiro atoms. The monoisotopic (exact) mass is 479 g/mol. The summed E-state index contributed by atoms with van der Waals surface area (Å²) in [6.07, 6.45) is 2.51. The van der Waals surface area contributed by atoms with Gasteiger partial charge in [0.1, 0.15) is 0 Å². The molecule has 2 atom stereocenters. The molecule has 3 fully saturated rings. The van der Waals surface area contributed by atoms with Crippen molar-refractivity contribution >= 4 is 12.1 Å². The maximum absolute atomic E-state index is 12.7. The number of likely N-dealkylation sites (tertiary alicyclic amines) is 1. The molecule has 1 saturated carbocycles. The number of hydrogen-bond acceptors (Lipinski definition) is 4. The van der Waals surface area contributed by atoms with E-state index in [2.05, 4.69) is 29.6 Å². The van der Waals surface area contributed by atoms with E-state index in [1.165, 1.54) is 10.5 Å². The van der Waals surface area contributed by atoms with Crippen molar-refractivity contribution < 1.29 is 27.8 Å². The highest BCUT2D eigenvalue weighted by Crippen LogP contribution is 2.37. The van der Waals surface area contributed by atoms with Gasteiger partial charge in [-0.25, -0.2) is 18.4 Å². The third kappa shape index (κ3) is 5.62. The molecule has 2 heterocycles. The molecule has 1 aromatic carbocycles. The van der Waals surface area contributed by atoms with E-state index in [4.69, 9.17) is 9.47 Å². The quantitative estimate of drug-likeness (QED) is 0.658. The highest BCUT2D eigenvalue weighted by atomic mass is 19.3. The van der Waals surface area contributed by atoms with Crippen molar-refractivity contribution in [2.45, 2.75) is 75.0 Å². The van der Waals surface area contributed by atoms with Crippen LogP contribution in [0.5, 0.6) is 0 Å². The van der Waals surface area contributed by atoms with E-state index >= 15 is 0 Å². The topological polar surface area (TPSA) is 71.1 Å². The third-order valence-corrected chi connectivity index (χ3v) is 7.63. The Labute approximate surface area is 199 Å². The summed E-state index contributed by atoms with van der Waals surface area (Å²) in [6, 6.07) is 9.85. The first kappa shape index (κ1) is 24.7. The van der Waals surface area contributed by atoms with Gasteiger partial charge in [0.05, 0.1) is 24.3 Å². The maximum Gasteiger partial charge on any atom is 0.410 e. The van der Waals surface area contributed by atoms with E-state index in [9.17, 15) is 18.4 Å². The third-order valence-electron chi connectivity index (χ3n) is 7.63. The van der Waals surface area contributed by atoms with Crippen molar-refractivity contribution in [3.8, 4) is 0 Å². The van der Waals surface area contributed by atoms with Crippen molar-refractivity contribution in [3.63, 3.8) is 0 Å².